The highest BCUT2D eigenvalue weighted by molar-refractivity contribution is 5.95. The van der Waals surface area contributed by atoms with E-state index in [0.29, 0.717) is 6.79 Å². The minimum absolute atomic E-state index is 0.299. The van der Waals surface area contributed by atoms with Gasteiger partial charge in [-0.25, -0.2) is 0 Å². The number of rotatable bonds is 5. The van der Waals surface area contributed by atoms with E-state index in [0.717, 1.165) is 42.9 Å². The normalized spacial score (nSPS) is 12.9. The molecule has 0 amide bonds. The van der Waals surface area contributed by atoms with Gasteiger partial charge in [-0.2, -0.15) is 0 Å². The fraction of sp³-hybridized carbons (Fsp3) is 0.333. The van der Waals surface area contributed by atoms with Crippen molar-refractivity contribution in [3.05, 3.63) is 47.0 Å². The predicted molar refractivity (Wildman–Crippen MR) is 101 cm³/mol. The fourth-order valence-electron chi connectivity index (χ4n) is 3.68. The van der Waals surface area contributed by atoms with Gasteiger partial charge in [0, 0.05) is 22.2 Å². The van der Waals surface area contributed by atoms with Crippen LogP contribution in [-0.2, 0) is 6.42 Å². The minimum atomic E-state index is 0.299. The topological polar surface area (TPSA) is 60.3 Å². The molecule has 2 heterocycles. The van der Waals surface area contributed by atoms with Crippen molar-refractivity contribution >= 4 is 10.9 Å². The van der Waals surface area contributed by atoms with E-state index >= 15 is 0 Å². The highest BCUT2D eigenvalue weighted by Crippen LogP contribution is 2.39. The SMILES string of the molecule is Cc1ccc(C)c2c(CCCCN)c(-c3ccc4c(c3)OCO4)[nH]c12. The van der Waals surface area contributed by atoms with E-state index in [4.69, 9.17) is 15.2 Å². The highest BCUT2D eigenvalue weighted by Gasteiger charge is 2.19. The first-order valence-electron chi connectivity index (χ1n) is 8.90. The molecule has 4 heteroatoms. The molecule has 0 fully saturated rings. The standard InChI is InChI=1S/C21H24N2O2/c1-13-6-7-14(2)20-19(13)16(5-3-4-10-22)21(23-20)15-8-9-17-18(11-15)25-12-24-17/h6-9,11,23H,3-5,10,12,22H2,1-2H3. The molecule has 4 nitrogen and oxygen atoms in total. The van der Waals surface area contributed by atoms with E-state index in [1.807, 2.05) is 6.07 Å². The lowest BCUT2D eigenvalue weighted by Gasteiger charge is -2.07. The van der Waals surface area contributed by atoms with Crippen molar-refractivity contribution in [1.82, 2.24) is 4.98 Å². The van der Waals surface area contributed by atoms with Crippen LogP contribution in [-0.4, -0.2) is 18.3 Å². The summed E-state index contributed by atoms with van der Waals surface area (Å²) in [5, 5.41) is 1.35. The summed E-state index contributed by atoms with van der Waals surface area (Å²) in [6.45, 7) is 5.38. The number of H-pyrrole nitrogens is 1. The molecular weight excluding hydrogens is 312 g/mol. The highest BCUT2D eigenvalue weighted by atomic mass is 16.7. The second-order valence-corrected chi connectivity index (χ2v) is 6.74. The number of hydrogen-bond acceptors (Lipinski definition) is 3. The summed E-state index contributed by atoms with van der Waals surface area (Å²) < 4.78 is 11.0. The molecule has 3 N–H and O–H groups in total. The zero-order valence-corrected chi connectivity index (χ0v) is 14.8. The molecule has 0 unspecified atom stereocenters. The number of ether oxygens (including phenoxy) is 2. The molecule has 1 aliphatic rings. The largest absolute Gasteiger partial charge is 0.454 e. The van der Waals surface area contributed by atoms with E-state index < -0.39 is 0 Å². The van der Waals surface area contributed by atoms with Crippen LogP contribution < -0.4 is 15.2 Å². The van der Waals surface area contributed by atoms with Gasteiger partial charge in [0.1, 0.15) is 0 Å². The molecule has 0 bridgehead atoms. The number of hydrogen-bond donors (Lipinski definition) is 2. The van der Waals surface area contributed by atoms with E-state index in [1.54, 1.807) is 0 Å². The Morgan fingerprint density at radius 2 is 1.80 bits per heavy atom. The first-order valence-corrected chi connectivity index (χ1v) is 8.90. The second-order valence-electron chi connectivity index (χ2n) is 6.74. The van der Waals surface area contributed by atoms with Gasteiger partial charge in [-0.3, -0.25) is 0 Å². The van der Waals surface area contributed by atoms with E-state index in [2.05, 4.69) is 43.1 Å². The summed E-state index contributed by atoms with van der Waals surface area (Å²) in [5.74, 6) is 1.63. The van der Waals surface area contributed by atoms with Crippen LogP contribution in [0.3, 0.4) is 0 Å². The summed E-state index contributed by atoms with van der Waals surface area (Å²) in [4.78, 5) is 3.68. The van der Waals surface area contributed by atoms with Gasteiger partial charge in [0.25, 0.3) is 0 Å². The molecule has 130 valence electrons. The molecule has 4 rings (SSSR count). The molecule has 0 saturated heterocycles. The number of unbranched alkanes of at least 4 members (excludes halogenated alkanes) is 1. The Balaban J connectivity index is 1.88. The van der Waals surface area contributed by atoms with Gasteiger partial charge in [0.2, 0.25) is 6.79 Å². The van der Waals surface area contributed by atoms with Crippen molar-refractivity contribution in [2.75, 3.05) is 13.3 Å². The van der Waals surface area contributed by atoms with E-state index in [9.17, 15) is 0 Å². The number of nitrogens with two attached hydrogens (primary N) is 1. The molecule has 3 aromatic rings. The van der Waals surface area contributed by atoms with Crippen LogP contribution >= 0.6 is 0 Å². The lowest BCUT2D eigenvalue weighted by molar-refractivity contribution is 0.174. The van der Waals surface area contributed by atoms with E-state index in [1.165, 1.54) is 33.3 Å². The summed E-state index contributed by atoms with van der Waals surface area (Å²) in [6, 6.07) is 10.6. The maximum Gasteiger partial charge on any atom is 0.231 e. The summed E-state index contributed by atoms with van der Waals surface area (Å²) in [7, 11) is 0. The Morgan fingerprint density at radius 1 is 1.00 bits per heavy atom. The minimum Gasteiger partial charge on any atom is -0.454 e. The Bertz CT molecular complexity index is 927. The molecule has 0 saturated carbocycles. The molecule has 0 radical (unpaired) electrons. The summed E-state index contributed by atoms with van der Waals surface area (Å²) >= 11 is 0. The van der Waals surface area contributed by atoms with Crippen molar-refractivity contribution in [2.24, 2.45) is 5.73 Å². The van der Waals surface area contributed by atoms with Crippen LogP contribution in [0.1, 0.15) is 29.5 Å². The van der Waals surface area contributed by atoms with Crippen molar-refractivity contribution in [1.29, 1.82) is 0 Å². The van der Waals surface area contributed by atoms with Crippen molar-refractivity contribution < 1.29 is 9.47 Å². The van der Waals surface area contributed by atoms with Crippen LogP contribution in [0, 0.1) is 13.8 Å². The maximum atomic E-state index is 5.71. The van der Waals surface area contributed by atoms with Crippen LogP contribution in [0.5, 0.6) is 11.5 Å². The third-order valence-electron chi connectivity index (χ3n) is 5.02. The molecule has 2 aromatic carbocycles. The first kappa shape index (κ1) is 16.0. The van der Waals surface area contributed by atoms with Gasteiger partial charge < -0.3 is 20.2 Å². The predicted octanol–water partition coefficient (Wildman–Crippen LogP) is 4.46. The van der Waals surface area contributed by atoms with Crippen LogP contribution in [0.15, 0.2) is 30.3 Å². The van der Waals surface area contributed by atoms with E-state index in [-0.39, 0.29) is 0 Å². The number of aromatic amines is 1. The molecule has 1 aliphatic heterocycles. The number of aryl methyl sites for hydroxylation is 3. The molecule has 0 aliphatic carbocycles. The first-order chi connectivity index (χ1) is 12.2. The Morgan fingerprint density at radius 3 is 2.64 bits per heavy atom. The lowest BCUT2D eigenvalue weighted by Crippen LogP contribution is -1.99. The van der Waals surface area contributed by atoms with Crippen LogP contribution in [0.25, 0.3) is 22.2 Å². The second kappa shape index (κ2) is 6.45. The number of benzene rings is 2. The molecular formula is C21H24N2O2. The van der Waals surface area contributed by atoms with Crippen molar-refractivity contribution in [3.63, 3.8) is 0 Å². The Kier molecular flexibility index (Phi) is 4.14. The van der Waals surface area contributed by atoms with Crippen LogP contribution in [0.4, 0.5) is 0 Å². The monoisotopic (exact) mass is 336 g/mol. The van der Waals surface area contributed by atoms with Gasteiger partial charge in [-0.1, -0.05) is 12.1 Å². The smallest absolute Gasteiger partial charge is 0.231 e. The summed E-state index contributed by atoms with van der Waals surface area (Å²) in [6.07, 6.45) is 3.15. The van der Waals surface area contributed by atoms with Gasteiger partial charge >= 0.3 is 0 Å². The number of fused-ring (bicyclic) bond motifs is 2. The molecule has 0 atom stereocenters. The molecule has 25 heavy (non-hydrogen) atoms. The quantitative estimate of drug-likeness (QED) is 0.676. The number of nitrogens with one attached hydrogen (secondary N) is 1. The third kappa shape index (κ3) is 2.76. The van der Waals surface area contributed by atoms with Crippen LogP contribution in [0.2, 0.25) is 0 Å². The Hall–Kier alpha value is -2.46. The zero-order valence-electron chi connectivity index (χ0n) is 14.8. The molecule has 0 spiro atoms. The van der Waals surface area contributed by atoms with Crippen molar-refractivity contribution in [3.8, 4) is 22.8 Å². The fourth-order valence-corrected chi connectivity index (χ4v) is 3.68. The Labute approximate surface area is 147 Å². The van der Waals surface area contributed by atoms with Gasteiger partial charge in [0.05, 0.1) is 0 Å². The number of aromatic nitrogens is 1. The zero-order chi connectivity index (χ0) is 17.4. The molecule has 1 aromatic heterocycles. The average Bonchev–Trinajstić information content (AvgIpc) is 3.23. The van der Waals surface area contributed by atoms with Crippen molar-refractivity contribution in [2.45, 2.75) is 33.1 Å². The maximum absolute atomic E-state index is 5.71. The lowest BCUT2D eigenvalue weighted by atomic mass is 9.97. The van der Waals surface area contributed by atoms with Gasteiger partial charge in [-0.05, 0) is 74.5 Å². The average molecular weight is 336 g/mol. The summed E-state index contributed by atoms with van der Waals surface area (Å²) in [5.41, 5.74) is 13.2. The third-order valence-corrected chi connectivity index (χ3v) is 5.02. The van der Waals surface area contributed by atoms with Gasteiger partial charge in [-0.15, -0.1) is 0 Å². The van der Waals surface area contributed by atoms with Gasteiger partial charge in [0.15, 0.2) is 11.5 Å².